The van der Waals surface area contributed by atoms with E-state index in [4.69, 9.17) is 11.6 Å². The Balaban J connectivity index is 4.63. The molecule has 0 aliphatic carbocycles. The molecule has 0 aromatic heterocycles. The molecule has 0 aliphatic rings. The predicted molar refractivity (Wildman–Crippen MR) is 43.6 cm³/mol. The number of hydrogen-bond acceptors (Lipinski definition) is 0. The summed E-state index contributed by atoms with van der Waals surface area (Å²) in [6.07, 6.45) is 2.83. The van der Waals surface area contributed by atoms with Gasteiger partial charge in [-0.15, -0.1) is 0 Å². The van der Waals surface area contributed by atoms with Gasteiger partial charge in [0.1, 0.15) is 5.83 Å². The average molecular weight is 161 g/mol. The van der Waals surface area contributed by atoms with Crippen LogP contribution in [0.25, 0.3) is 0 Å². The van der Waals surface area contributed by atoms with Crippen molar-refractivity contribution in [3.63, 3.8) is 0 Å². The third-order valence-corrected chi connectivity index (χ3v) is 1.65. The Morgan fingerprint density at radius 1 is 1.60 bits per heavy atom. The number of allylic oxidation sites excluding steroid dienone is 5. The molecule has 0 radical (unpaired) electrons. The Morgan fingerprint density at radius 2 is 2.10 bits per heavy atom. The van der Waals surface area contributed by atoms with Crippen molar-refractivity contribution in [3.8, 4) is 0 Å². The fourth-order valence-electron chi connectivity index (χ4n) is 0.405. The Labute approximate surface area is 65.7 Å². The van der Waals surface area contributed by atoms with Crippen molar-refractivity contribution in [1.29, 1.82) is 0 Å². The predicted octanol–water partition coefficient (Wildman–Crippen LogP) is 3.56. The molecule has 56 valence electrons. The van der Waals surface area contributed by atoms with Gasteiger partial charge in [0.15, 0.2) is 0 Å². The third-order valence-electron chi connectivity index (χ3n) is 1.17. The molecule has 0 heterocycles. The van der Waals surface area contributed by atoms with Gasteiger partial charge in [-0.3, -0.25) is 0 Å². The van der Waals surface area contributed by atoms with Crippen molar-refractivity contribution in [1.82, 2.24) is 0 Å². The largest absolute Gasteiger partial charge is 0.205 e. The van der Waals surface area contributed by atoms with Crippen LogP contribution in [0.1, 0.15) is 13.8 Å². The molecule has 10 heavy (non-hydrogen) atoms. The lowest BCUT2D eigenvalue weighted by Gasteiger charge is -1.96. The van der Waals surface area contributed by atoms with Gasteiger partial charge in [0.25, 0.3) is 0 Å². The first kappa shape index (κ1) is 9.44. The SMILES string of the molecule is C=C/C(F)=C(Cl)\C(C)=C/C. The molecular weight excluding hydrogens is 151 g/mol. The summed E-state index contributed by atoms with van der Waals surface area (Å²) in [5.41, 5.74) is 0.721. The minimum Gasteiger partial charge on any atom is -0.205 e. The van der Waals surface area contributed by atoms with Gasteiger partial charge < -0.3 is 0 Å². The minimum atomic E-state index is -0.475. The second-order valence-corrected chi connectivity index (χ2v) is 2.22. The number of rotatable bonds is 2. The first-order valence-corrected chi connectivity index (χ1v) is 3.32. The van der Waals surface area contributed by atoms with E-state index in [0.29, 0.717) is 0 Å². The molecule has 0 nitrogen and oxygen atoms in total. The molecule has 0 aromatic rings. The molecule has 0 N–H and O–H groups in total. The zero-order chi connectivity index (χ0) is 8.15. The summed E-state index contributed by atoms with van der Waals surface area (Å²) in [6.45, 7) is 6.80. The lowest BCUT2D eigenvalue weighted by molar-refractivity contribution is 0.663. The lowest BCUT2D eigenvalue weighted by Crippen LogP contribution is -1.77. The van der Waals surface area contributed by atoms with Crippen LogP contribution in [-0.2, 0) is 0 Å². The number of halogens is 2. The quantitative estimate of drug-likeness (QED) is 0.542. The molecule has 0 spiro atoms. The van der Waals surface area contributed by atoms with E-state index in [1.807, 2.05) is 0 Å². The molecule has 0 fully saturated rings. The van der Waals surface area contributed by atoms with E-state index in [-0.39, 0.29) is 5.03 Å². The summed E-state index contributed by atoms with van der Waals surface area (Å²) < 4.78 is 12.6. The van der Waals surface area contributed by atoms with Crippen LogP contribution >= 0.6 is 11.6 Å². The van der Waals surface area contributed by atoms with Gasteiger partial charge in [-0.1, -0.05) is 24.3 Å². The summed E-state index contributed by atoms with van der Waals surface area (Å²) in [5.74, 6) is -0.475. The molecule has 2 heteroatoms. The van der Waals surface area contributed by atoms with Gasteiger partial charge in [-0.05, 0) is 25.5 Å². The van der Waals surface area contributed by atoms with Gasteiger partial charge in [0.2, 0.25) is 0 Å². The first-order chi connectivity index (χ1) is 4.63. The summed E-state index contributed by atoms with van der Waals surface area (Å²) in [4.78, 5) is 0. The molecule has 0 saturated carbocycles. The maximum Gasteiger partial charge on any atom is 0.141 e. The van der Waals surface area contributed by atoms with E-state index in [1.165, 1.54) is 0 Å². The molecule has 0 unspecified atom stereocenters. The smallest absolute Gasteiger partial charge is 0.141 e. The van der Waals surface area contributed by atoms with Crippen LogP contribution in [0.5, 0.6) is 0 Å². The Kier molecular flexibility index (Phi) is 4.05. The first-order valence-electron chi connectivity index (χ1n) is 2.94. The van der Waals surface area contributed by atoms with E-state index >= 15 is 0 Å². The van der Waals surface area contributed by atoms with Crippen LogP contribution in [0, 0.1) is 0 Å². The number of hydrogen-bond donors (Lipinski definition) is 0. The van der Waals surface area contributed by atoms with E-state index in [0.717, 1.165) is 11.6 Å². The fraction of sp³-hybridized carbons (Fsp3) is 0.250. The van der Waals surface area contributed by atoms with Crippen molar-refractivity contribution >= 4 is 11.6 Å². The summed E-state index contributed by atoms with van der Waals surface area (Å²) in [6, 6.07) is 0. The molecule has 0 amide bonds. The van der Waals surface area contributed by atoms with Gasteiger partial charge in [0.05, 0.1) is 5.03 Å². The van der Waals surface area contributed by atoms with E-state index < -0.39 is 5.83 Å². The van der Waals surface area contributed by atoms with Crippen LogP contribution in [0.15, 0.2) is 35.2 Å². The zero-order valence-electron chi connectivity index (χ0n) is 6.12. The second-order valence-electron chi connectivity index (χ2n) is 1.84. The van der Waals surface area contributed by atoms with Crippen LogP contribution in [0.2, 0.25) is 0 Å². The average Bonchev–Trinajstić information content (AvgIpc) is 2.00. The van der Waals surface area contributed by atoms with E-state index in [2.05, 4.69) is 6.58 Å². The van der Waals surface area contributed by atoms with Gasteiger partial charge in [-0.25, -0.2) is 4.39 Å². The van der Waals surface area contributed by atoms with Crippen LogP contribution in [-0.4, -0.2) is 0 Å². The van der Waals surface area contributed by atoms with Crippen molar-refractivity contribution < 1.29 is 4.39 Å². The monoisotopic (exact) mass is 160 g/mol. The van der Waals surface area contributed by atoms with E-state index in [1.54, 1.807) is 19.9 Å². The lowest BCUT2D eigenvalue weighted by atomic mass is 10.2. The second kappa shape index (κ2) is 4.29. The van der Waals surface area contributed by atoms with Gasteiger partial charge in [0, 0.05) is 0 Å². The van der Waals surface area contributed by atoms with Crippen molar-refractivity contribution in [3.05, 3.63) is 35.2 Å². The van der Waals surface area contributed by atoms with Crippen LogP contribution in [0.3, 0.4) is 0 Å². The summed E-state index contributed by atoms with van der Waals surface area (Å²) in [5, 5.41) is 0.137. The maximum atomic E-state index is 12.6. The minimum absolute atomic E-state index is 0.137. The highest BCUT2D eigenvalue weighted by Crippen LogP contribution is 2.19. The highest BCUT2D eigenvalue weighted by molar-refractivity contribution is 6.32. The molecule has 0 saturated heterocycles. The Hall–Kier alpha value is -0.560. The standard InChI is InChI=1S/C8H10ClF/c1-4-6(3)8(9)7(10)5-2/h4-5H,2H2,1,3H3/b6-4-,8-7-. The van der Waals surface area contributed by atoms with Crippen molar-refractivity contribution in [2.45, 2.75) is 13.8 Å². The summed E-state index contributed by atoms with van der Waals surface area (Å²) in [7, 11) is 0. The van der Waals surface area contributed by atoms with Gasteiger partial charge in [-0.2, -0.15) is 0 Å². The molecule has 0 aliphatic heterocycles. The molecule has 0 rings (SSSR count). The fourth-order valence-corrected chi connectivity index (χ4v) is 0.591. The third kappa shape index (κ3) is 2.36. The summed E-state index contributed by atoms with van der Waals surface area (Å²) >= 11 is 5.55. The topological polar surface area (TPSA) is 0 Å². The Morgan fingerprint density at radius 3 is 2.40 bits per heavy atom. The van der Waals surface area contributed by atoms with Crippen molar-refractivity contribution in [2.75, 3.05) is 0 Å². The van der Waals surface area contributed by atoms with Crippen LogP contribution in [0.4, 0.5) is 4.39 Å². The maximum absolute atomic E-state index is 12.6. The highest BCUT2D eigenvalue weighted by Gasteiger charge is 1.99. The zero-order valence-corrected chi connectivity index (χ0v) is 6.87. The van der Waals surface area contributed by atoms with E-state index in [9.17, 15) is 4.39 Å². The Bertz CT molecular complexity index is 189. The van der Waals surface area contributed by atoms with Crippen molar-refractivity contribution in [2.24, 2.45) is 0 Å². The highest BCUT2D eigenvalue weighted by atomic mass is 35.5. The molecular formula is C8H10ClF. The van der Waals surface area contributed by atoms with Crippen LogP contribution < -0.4 is 0 Å². The molecule has 0 bridgehead atoms. The molecule has 0 aromatic carbocycles. The molecule has 0 atom stereocenters. The normalized spacial score (nSPS) is 14.6. The van der Waals surface area contributed by atoms with Gasteiger partial charge >= 0.3 is 0 Å².